The van der Waals surface area contributed by atoms with Crippen LogP contribution < -0.4 is 23.7 Å². The lowest BCUT2D eigenvalue weighted by Crippen LogP contribution is -2.42. The minimum Gasteiger partial charge on any atom is -0.493 e. The molecule has 0 N–H and O–H groups in total. The van der Waals surface area contributed by atoms with E-state index in [1.165, 1.54) is 0 Å². The Hall–Kier alpha value is -3.75. The van der Waals surface area contributed by atoms with Crippen molar-refractivity contribution in [2.75, 3.05) is 34.7 Å². The summed E-state index contributed by atoms with van der Waals surface area (Å²) in [6.45, 7) is 0.511. The Labute approximate surface area is 214 Å². The molecule has 0 aromatic heterocycles. The fourth-order valence-electron chi connectivity index (χ4n) is 5.77. The third-order valence-electron chi connectivity index (χ3n) is 7.47. The quantitative estimate of drug-likeness (QED) is 0.443. The van der Waals surface area contributed by atoms with Crippen molar-refractivity contribution in [2.45, 2.75) is 18.3 Å². The summed E-state index contributed by atoms with van der Waals surface area (Å²) in [6, 6.07) is 17.6. The van der Waals surface area contributed by atoms with Gasteiger partial charge in [0.15, 0.2) is 29.3 Å². The molecular weight excluding hydrogens is 476 g/mol. The first-order valence-electron chi connectivity index (χ1n) is 12.2. The molecule has 8 heteroatoms. The molecule has 0 bridgehead atoms. The molecule has 3 aliphatic rings. The Morgan fingerprint density at radius 3 is 2.14 bits per heavy atom. The molecule has 2 heterocycles. The summed E-state index contributed by atoms with van der Waals surface area (Å²) in [5.41, 5.74) is 3.67. The number of carbonyl (C=O) groups is 1. The standard InChI is InChI=1S/C29H28O8/c1-31-24-9-17(10-25(32-2)28(24)33-3)26-18-11-22-23(36-15-35-22)12-19(18)27-21(20(26)13-30)14-34-29(37-27)16-7-5-4-6-8-16/h4-13,20-21,26-27,29H,14-15H2,1-3H3/t20-,21-,26+,27-,29?/m0/s1. The highest BCUT2D eigenvalue weighted by molar-refractivity contribution is 5.66. The van der Waals surface area contributed by atoms with Crippen LogP contribution >= 0.6 is 0 Å². The minimum atomic E-state index is -0.536. The molecule has 37 heavy (non-hydrogen) atoms. The summed E-state index contributed by atoms with van der Waals surface area (Å²) in [4.78, 5) is 12.8. The topological polar surface area (TPSA) is 81.7 Å². The van der Waals surface area contributed by atoms with Gasteiger partial charge in [-0.2, -0.15) is 0 Å². The number of hydrogen-bond acceptors (Lipinski definition) is 8. The van der Waals surface area contributed by atoms with Crippen molar-refractivity contribution in [1.82, 2.24) is 0 Å². The van der Waals surface area contributed by atoms with Crippen molar-refractivity contribution in [1.29, 1.82) is 0 Å². The average Bonchev–Trinajstić information content (AvgIpc) is 3.42. The number of hydrogen-bond donors (Lipinski definition) is 0. The first-order valence-corrected chi connectivity index (χ1v) is 12.2. The second kappa shape index (κ2) is 9.61. The van der Waals surface area contributed by atoms with E-state index in [1.807, 2.05) is 54.6 Å². The zero-order chi connectivity index (χ0) is 25.5. The monoisotopic (exact) mass is 504 g/mol. The van der Waals surface area contributed by atoms with E-state index in [0.717, 1.165) is 28.5 Å². The molecule has 1 aliphatic carbocycles. The molecule has 3 aromatic rings. The fraction of sp³-hybridized carbons (Fsp3) is 0.345. The van der Waals surface area contributed by atoms with Crippen LogP contribution in [0.25, 0.3) is 0 Å². The number of methoxy groups -OCH3 is 3. The number of rotatable bonds is 6. The Kier molecular flexibility index (Phi) is 6.14. The van der Waals surface area contributed by atoms with Gasteiger partial charge >= 0.3 is 0 Å². The van der Waals surface area contributed by atoms with Crippen LogP contribution in [0.5, 0.6) is 28.7 Å². The number of fused-ring (bicyclic) bond motifs is 4. The number of aldehydes is 1. The third kappa shape index (κ3) is 3.88. The summed E-state index contributed by atoms with van der Waals surface area (Å²) < 4.78 is 41.0. The Balaban J connectivity index is 1.51. The van der Waals surface area contributed by atoms with Crippen LogP contribution in [0.1, 0.15) is 40.6 Å². The normalized spacial score (nSPS) is 25.5. The SMILES string of the molecule is COc1cc([C@@H]2c3cc4c(cc3[C@@H]3OC(c5ccccc5)OC[C@H]3[C@@H]2C=O)OCO4)cc(OC)c1OC. The second-order valence-electron chi connectivity index (χ2n) is 9.28. The van der Waals surface area contributed by atoms with Crippen molar-refractivity contribution in [3.63, 3.8) is 0 Å². The van der Waals surface area contributed by atoms with Crippen molar-refractivity contribution in [3.05, 3.63) is 76.9 Å². The van der Waals surface area contributed by atoms with Gasteiger partial charge in [0.25, 0.3) is 0 Å². The highest BCUT2D eigenvalue weighted by atomic mass is 16.7. The maximum Gasteiger partial charge on any atom is 0.231 e. The highest BCUT2D eigenvalue weighted by Crippen LogP contribution is 2.56. The number of carbonyl (C=O) groups excluding carboxylic acids is 1. The van der Waals surface area contributed by atoms with Crippen LogP contribution in [0.2, 0.25) is 0 Å². The van der Waals surface area contributed by atoms with Gasteiger partial charge in [-0.25, -0.2) is 0 Å². The Morgan fingerprint density at radius 1 is 0.838 bits per heavy atom. The van der Waals surface area contributed by atoms with Gasteiger partial charge in [-0.1, -0.05) is 30.3 Å². The molecule has 2 aliphatic heterocycles. The molecule has 0 amide bonds. The zero-order valence-electron chi connectivity index (χ0n) is 20.8. The summed E-state index contributed by atoms with van der Waals surface area (Å²) in [6.07, 6.45) is 0.108. The zero-order valence-corrected chi connectivity index (χ0v) is 20.8. The molecule has 1 fully saturated rings. The first-order chi connectivity index (χ1) is 18.2. The van der Waals surface area contributed by atoms with Gasteiger partial charge < -0.3 is 38.0 Å². The second-order valence-corrected chi connectivity index (χ2v) is 9.28. The highest BCUT2D eigenvalue weighted by Gasteiger charge is 2.48. The van der Waals surface area contributed by atoms with Crippen LogP contribution in [0.3, 0.4) is 0 Å². The van der Waals surface area contributed by atoms with Crippen LogP contribution in [0.15, 0.2) is 54.6 Å². The molecule has 192 valence electrons. The van der Waals surface area contributed by atoms with E-state index < -0.39 is 12.2 Å². The Bertz CT molecular complexity index is 1280. The fourth-order valence-corrected chi connectivity index (χ4v) is 5.77. The van der Waals surface area contributed by atoms with E-state index in [0.29, 0.717) is 35.4 Å². The first kappa shape index (κ1) is 23.6. The lowest BCUT2D eigenvalue weighted by molar-refractivity contribution is -0.254. The predicted octanol–water partition coefficient (Wildman–Crippen LogP) is 4.80. The van der Waals surface area contributed by atoms with Gasteiger partial charge in [-0.05, 0) is 41.0 Å². The minimum absolute atomic E-state index is 0.148. The predicted molar refractivity (Wildman–Crippen MR) is 133 cm³/mol. The molecule has 1 unspecified atom stereocenters. The van der Waals surface area contributed by atoms with E-state index in [-0.39, 0.29) is 24.7 Å². The largest absolute Gasteiger partial charge is 0.493 e. The van der Waals surface area contributed by atoms with E-state index in [1.54, 1.807) is 21.3 Å². The van der Waals surface area contributed by atoms with Gasteiger partial charge in [-0.15, -0.1) is 0 Å². The average molecular weight is 505 g/mol. The summed E-state index contributed by atoms with van der Waals surface area (Å²) in [5.74, 6) is 1.87. The van der Waals surface area contributed by atoms with E-state index in [4.69, 9.17) is 33.2 Å². The molecular formula is C29H28O8. The molecule has 0 radical (unpaired) electrons. The maximum absolute atomic E-state index is 12.8. The molecule has 5 atom stereocenters. The molecule has 6 rings (SSSR count). The lowest BCUT2D eigenvalue weighted by atomic mass is 9.65. The Morgan fingerprint density at radius 2 is 1.51 bits per heavy atom. The summed E-state index contributed by atoms with van der Waals surface area (Å²) >= 11 is 0. The van der Waals surface area contributed by atoms with Crippen LogP contribution in [0, 0.1) is 11.8 Å². The number of ether oxygens (including phenoxy) is 7. The van der Waals surface area contributed by atoms with Gasteiger partial charge in [0.2, 0.25) is 12.5 Å². The molecule has 0 saturated carbocycles. The molecule has 8 nitrogen and oxygen atoms in total. The van der Waals surface area contributed by atoms with Crippen molar-refractivity contribution in [2.24, 2.45) is 11.8 Å². The van der Waals surface area contributed by atoms with Gasteiger partial charge in [0.05, 0.1) is 34.0 Å². The maximum atomic E-state index is 12.8. The van der Waals surface area contributed by atoms with Crippen LogP contribution in [-0.4, -0.2) is 41.0 Å². The van der Waals surface area contributed by atoms with Gasteiger partial charge in [0, 0.05) is 23.3 Å². The molecule has 1 saturated heterocycles. The van der Waals surface area contributed by atoms with Crippen molar-refractivity contribution in [3.8, 4) is 28.7 Å². The van der Waals surface area contributed by atoms with Crippen molar-refractivity contribution >= 4 is 6.29 Å². The van der Waals surface area contributed by atoms with Crippen LogP contribution in [0.4, 0.5) is 0 Å². The molecule has 3 aromatic carbocycles. The summed E-state index contributed by atoms with van der Waals surface area (Å²) in [5, 5.41) is 0. The van der Waals surface area contributed by atoms with Gasteiger partial charge in [-0.3, -0.25) is 0 Å². The van der Waals surface area contributed by atoms with E-state index >= 15 is 0 Å². The van der Waals surface area contributed by atoms with Crippen LogP contribution in [-0.2, 0) is 14.3 Å². The molecule has 0 spiro atoms. The third-order valence-corrected chi connectivity index (χ3v) is 7.47. The van der Waals surface area contributed by atoms with E-state index in [2.05, 4.69) is 0 Å². The van der Waals surface area contributed by atoms with E-state index in [9.17, 15) is 4.79 Å². The lowest BCUT2D eigenvalue weighted by Gasteiger charge is -2.46. The summed E-state index contributed by atoms with van der Waals surface area (Å²) in [7, 11) is 4.72. The smallest absolute Gasteiger partial charge is 0.231 e. The van der Waals surface area contributed by atoms with Crippen molar-refractivity contribution < 1.29 is 38.0 Å². The van der Waals surface area contributed by atoms with Gasteiger partial charge in [0.1, 0.15) is 6.29 Å². The number of benzene rings is 3.